The predicted octanol–water partition coefficient (Wildman–Crippen LogP) is 4.53. The summed E-state index contributed by atoms with van der Waals surface area (Å²) in [6.45, 7) is 0. The third-order valence-corrected chi connectivity index (χ3v) is 4.05. The standard InChI is InChI=1S/C17H19NO2/c19-16-10-15(18-11-12-6-2-1-3-7-12)17(20)14-9-5-4-8-13(14)16/h4-5,8-12,19-20H,1-3,6-7H2. The molecule has 2 aromatic rings. The molecule has 3 rings (SSSR count). The fraction of sp³-hybridized carbons (Fsp3) is 0.353. The van der Waals surface area contributed by atoms with Gasteiger partial charge in [0.25, 0.3) is 0 Å². The average molecular weight is 269 g/mol. The molecule has 2 N–H and O–H groups in total. The molecule has 0 saturated heterocycles. The summed E-state index contributed by atoms with van der Waals surface area (Å²) in [5.41, 5.74) is 0.451. The van der Waals surface area contributed by atoms with Gasteiger partial charge in [-0.05, 0) is 18.8 Å². The predicted molar refractivity (Wildman–Crippen MR) is 82.0 cm³/mol. The molecule has 20 heavy (non-hydrogen) atoms. The Hall–Kier alpha value is -2.03. The van der Waals surface area contributed by atoms with Crippen LogP contribution < -0.4 is 0 Å². The van der Waals surface area contributed by atoms with Gasteiger partial charge in [0.15, 0.2) is 0 Å². The monoisotopic (exact) mass is 269 g/mol. The lowest BCUT2D eigenvalue weighted by Crippen LogP contribution is -2.06. The van der Waals surface area contributed by atoms with Crippen molar-refractivity contribution in [2.45, 2.75) is 32.1 Å². The van der Waals surface area contributed by atoms with Crippen molar-refractivity contribution in [1.29, 1.82) is 0 Å². The van der Waals surface area contributed by atoms with E-state index in [0.29, 0.717) is 22.4 Å². The molecule has 104 valence electrons. The highest BCUT2D eigenvalue weighted by Gasteiger charge is 2.13. The Labute approximate surface area is 118 Å². The van der Waals surface area contributed by atoms with E-state index in [0.717, 1.165) is 0 Å². The number of hydrogen-bond acceptors (Lipinski definition) is 3. The molecule has 0 radical (unpaired) electrons. The van der Waals surface area contributed by atoms with E-state index >= 15 is 0 Å². The number of phenols is 2. The minimum atomic E-state index is 0.144. The molecule has 0 spiro atoms. The van der Waals surface area contributed by atoms with Crippen LogP contribution in [0.25, 0.3) is 10.8 Å². The summed E-state index contributed by atoms with van der Waals surface area (Å²) in [5, 5.41) is 21.6. The summed E-state index contributed by atoms with van der Waals surface area (Å²) in [5.74, 6) is 0.802. The second kappa shape index (κ2) is 5.53. The number of benzene rings is 2. The van der Waals surface area contributed by atoms with Crippen molar-refractivity contribution in [1.82, 2.24) is 0 Å². The molecule has 0 amide bonds. The molecule has 0 atom stereocenters. The van der Waals surface area contributed by atoms with Crippen LogP contribution in [0.3, 0.4) is 0 Å². The van der Waals surface area contributed by atoms with Crippen molar-refractivity contribution in [2.24, 2.45) is 10.9 Å². The topological polar surface area (TPSA) is 52.8 Å². The normalized spacial score (nSPS) is 17.0. The Balaban J connectivity index is 1.95. The zero-order chi connectivity index (χ0) is 13.9. The Morgan fingerprint density at radius 1 is 1.00 bits per heavy atom. The number of aliphatic imine (C=N–C) groups is 1. The van der Waals surface area contributed by atoms with Gasteiger partial charge in [-0.3, -0.25) is 4.99 Å². The lowest BCUT2D eigenvalue weighted by atomic mass is 9.90. The number of rotatable bonds is 2. The maximum Gasteiger partial charge on any atom is 0.149 e. The van der Waals surface area contributed by atoms with Gasteiger partial charge < -0.3 is 10.2 Å². The highest BCUT2D eigenvalue weighted by Crippen LogP contribution is 2.40. The first-order valence-corrected chi connectivity index (χ1v) is 7.23. The van der Waals surface area contributed by atoms with Gasteiger partial charge in [0.05, 0.1) is 0 Å². The number of nitrogens with zero attached hydrogens (tertiary/aromatic N) is 1. The van der Waals surface area contributed by atoms with E-state index in [1.165, 1.54) is 38.2 Å². The maximum atomic E-state index is 10.3. The van der Waals surface area contributed by atoms with Gasteiger partial charge in [0.1, 0.15) is 17.2 Å². The average Bonchev–Trinajstić information content (AvgIpc) is 2.50. The molecule has 3 nitrogen and oxygen atoms in total. The van der Waals surface area contributed by atoms with Gasteiger partial charge in [0.2, 0.25) is 0 Å². The molecule has 0 aromatic heterocycles. The lowest BCUT2D eigenvalue weighted by molar-refractivity contribution is 0.444. The number of fused-ring (bicyclic) bond motifs is 1. The minimum Gasteiger partial charge on any atom is -0.507 e. The summed E-state index contributed by atoms with van der Waals surface area (Å²) in [6.07, 6.45) is 8.10. The first kappa shape index (κ1) is 13.0. The summed E-state index contributed by atoms with van der Waals surface area (Å²) in [4.78, 5) is 4.41. The van der Waals surface area contributed by atoms with Crippen LogP contribution in [0.1, 0.15) is 32.1 Å². The van der Waals surface area contributed by atoms with Crippen molar-refractivity contribution < 1.29 is 10.2 Å². The van der Waals surface area contributed by atoms with Gasteiger partial charge in [-0.25, -0.2) is 0 Å². The highest BCUT2D eigenvalue weighted by molar-refractivity contribution is 5.97. The van der Waals surface area contributed by atoms with Gasteiger partial charge in [-0.15, -0.1) is 0 Å². The van der Waals surface area contributed by atoms with Crippen LogP contribution in [0, 0.1) is 5.92 Å². The van der Waals surface area contributed by atoms with E-state index in [1.807, 2.05) is 18.3 Å². The van der Waals surface area contributed by atoms with Crippen molar-refractivity contribution >= 4 is 22.7 Å². The highest BCUT2D eigenvalue weighted by atomic mass is 16.3. The summed E-state index contributed by atoms with van der Waals surface area (Å²) >= 11 is 0. The lowest BCUT2D eigenvalue weighted by Gasteiger charge is -2.17. The Kier molecular flexibility index (Phi) is 3.59. The van der Waals surface area contributed by atoms with Crippen LogP contribution in [0.4, 0.5) is 5.69 Å². The molecule has 1 aliphatic rings. The van der Waals surface area contributed by atoms with E-state index < -0.39 is 0 Å². The zero-order valence-electron chi connectivity index (χ0n) is 11.4. The Bertz CT molecular complexity index is 643. The van der Waals surface area contributed by atoms with Crippen LogP contribution >= 0.6 is 0 Å². The van der Waals surface area contributed by atoms with E-state index in [2.05, 4.69) is 4.99 Å². The molecule has 2 aromatic carbocycles. The van der Waals surface area contributed by atoms with Crippen LogP contribution in [0.15, 0.2) is 35.3 Å². The summed E-state index contributed by atoms with van der Waals surface area (Å²) < 4.78 is 0. The number of phenolic OH excluding ortho intramolecular Hbond substituents is 2. The molecule has 1 saturated carbocycles. The van der Waals surface area contributed by atoms with Gasteiger partial charge in [-0.1, -0.05) is 43.5 Å². The third kappa shape index (κ3) is 2.48. The molecule has 1 fully saturated rings. The van der Waals surface area contributed by atoms with Crippen molar-refractivity contribution in [3.63, 3.8) is 0 Å². The van der Waals surface area contributed by atoms with E-state index in [4.69, 9.17) is 0 Å². The molecule has 0 heterocycles. The largest absolute Gasteiger partial charge is 0.507 e. The minimum absolute atomic E-state index is 0.144. The van der Waals surface area contributed by atoms with Crippen LogP contribution in [0.5, 0.6) is 11.5 Å². The second-order valence-corrected chi connectivity index (χ2v) is 5.49. The zero-order valence-corrected chi connectivity index (χ0v) is 11.4. The molecular weight excluding hydrogens is 250 g/mol. The molecular formula is C17H19NO2. The molecule has 1 aliphatic carbocycles. The molecule has 0 unspecified atom stereocenters. The summed E-state index contributed by atoms with van der Waals surface area (Å²) in [7, 11) is 0. The fourth-order valence-corrected chi connectivity index (χ4v) is 2.89. The van der Waals surface area contributed by atoms with E-state index in [1.54, 1.807) is 12.1 Å². The first-order chi connectivity index (χ1) is 9.75. The van der Waals surface area contributed by atoms with Gasteiger partial charge in [0, 0.05) is 23.1 Å². The SMILES string of the molecule is Oc1cc(N=CC2CCCCC2)c(O)c2ccccc12. The molecule has 3 heteroatoms. The van der Waals surface area contributed by atoms with Gasteiger partial charge >= 0.3 is 0 Å². The third-order valence-electron chi connectivity index (χ3n) is 4.05. The summed E-state index contributed by atoms with van der Waals surface area (Å²) in [6, 6.07) is 8.81. The number of hydrogen-bond donors (Lipinski definition) is 2. The number of aromatic hydroxyl groups is 2. The Morgan fingerprint density at radius 2 is 1.70 bits per heavy atom. The quantitative estimate of drug-likeness (QED) is 0.621. The van der Waals surface area contributed by atoms with Crippen molar-refractivity contribution in [3.05, 3.63) is 30.3 Å². The molecule has 0 aliphatic heterocycles. The first-order valence-electron chi connectivity index (χ1n) is 7.23. The van der Waals surface area contributed by atoms with Crippen molar-refractivity contribution in [3.8, 4) is 11.5 Å². The van der Waals surface area contributed by atoms with Gasteiger partial charge in [-0.2, -0.15) is 0 Å². The molecule has 0 bridgehead atoms. The van der Waals surface area contributed by atoms with Crippen molar-refractivity contribution in [2.75, 3.05) is 0 Å². The van der Waals surface area contributed by atoms with Crippen LogP contribution in [0.2, 0.25) is 0 Å². The van der Waals surface area contributed by atoms with E-state index in [9.17, 15) is 10.2 Å². The second-order valence-electron chi connectivity index (χ2n) is 5.49. The fourth-order valence-electron chi connectivity index (χ4n) is 2.89. The maximum absolute atomic E-state index is 10.3. The smallest absolute Gasteiger partial charge is 0.149 e. The van der Waals surface area contributed by atoms with E-state index in [-0.39, 0.29) is 11.5 Å². The van der Waals surface area contributed by atoms with Crippen LogP contribution in [-0.4, -0.2) is 16.4 Å². The Morgan fingerprint density at radius 3 is 2.45 bits per heavy atom. The van der Waals surface area contributed by atoms with Crippen LogP contribution in [-0.2, 0) is 0 Å².